The fraction of sp³-hybridized carbons (Fsp3) is 0.250. The van der Waals surface area contributed by atoms with Crippen LogP contribution in [0.15, 0.2) is 24.3 Å². The molecule has 0 aliphatic heterocycles. The number of benzene rings is 1. The van der Waals surface area contributed by atoms with Gasteiger partial charge in [-0.2, -0.15) is 4.98 Å². The number of carbonyl (C=O) groups is 1. The molecule has 0 atom stereocenters. The third-order valence-corrected chi connectivity index (χ3v) is 2.62. The Balaban J connectivity index is 2.46. The number of nitrogens with one attached hydrogen (secondary N) is 1. The van der Waals surface area contributed by atoms with E-state index in [-0.39, 0.29) is 18.4 Å². The molecule has 0 aliphatic carbocycles. The van der Waals surface area contributed by atoms with Crippen molar-refractivity contribution in [2.75, 3.05) is 31.3 Å². The van der Waals surface area contributed by atoms with Crippen LogP contribution in [0.5, 0.6) is 0 Å². The van der Waals surface area contributed by atoms with E-state index < -0.39 is 0 Å². The lowest BCUT2D eigenvalue weighted by molar-refractivity contribution is -0.119. The van der Waals surface area contributed by atoms with E-state index in [1.807, 2.05) is 24.3 Å². The summed E-state index contributed by atoms with van der Waals surface area (Å²) in [7, 11) is 3.39. The average Bonchev–Trinajstić information content (AvgIpc) is 2.37. The van der Waals surface area contributed by atoms with E-state index in [0.29, 0.717) is 5.82 Å². The Morgan fingerprint density at radius 3 is 2.83 bits per heavy atom. The van der Waals surface area contributed by atoms with Crippen LogP contribution in [-0.4, -0.2) is 36.5 Å². The molecule has 6 heteroatoms. The Hall–Kier alpha value is -2.37. The minimum atomic E-state index is -0.0845. The maximum absolute atomic E-state index is 11.4. The molecular weight excluding hydrogens is 230 g/mol. The van der Waals surface area contributed by atoms with Gasteiger partial charge in [0.25, 0.3) is 0 Å². The van der Waals surface area contributed by atoms with Gasteiger partial charge in [-0.25, -0.2) is 4.98 Å². The molecule has 2 rings (SSSR count). The number of amides is 1. The number of aromatic nitrogens is 2. The Kier molecular flexibility index (Phi) is 3.27. The van der Waals surface area contributed by atoms with E-state index in [1.54, 1.807) is 19.0 Å². The normalized spacial score (nSPS) is 10.3. The van der Waals surface area contributed by atoms with E-state index in [2.05, 4.69) is 15.3 Å². The van der Waals surface area contributed by atoms with Gasteiger partial charge >= 0.3 is 0 Å². The number of hydrogen-bond acceptors (Lipinski definition) is 5. The minimum absolute atomic E-state index is 0.0845. The molecule has 1 heterocycles. The van der Waals surface area contributed by atoms with Crippen LogP contribution in [0.2, 0.25) is 0 Å². The Bertz CT molecular complexity index is 584. The summed E-state index contributed by atoms with van der Waals surface area (Å²) in [5, 5.41) is 3.45. The molecule has 0 radical (unpaired) electrons. The van der Waals surface area contributed by atoms with Gasteiger partial charge in [-0.15, -0.1) is 0 Å². The number of likely N-dealkylation sites (N-methyl/N-ethyl adjacent to an activating group) is 2. The minimum Gasteiger partial charge on any atom is -0.368 e. The molecule has 0 unspecified atom stereocenters. The number of fused-ring (bicyclic) bond motifs is 1. The third kappa shape index (κ3) is 2.32. The lowest BCUT2D eigenvalue weighted by atomic mass is 10.2. The summed E-state index contributed by atoms with van der Waals surface area (Å²) in [5.74, 6) is 0.771. The summed E-state index contributed by atoms with van der Waals surface area (Å²) >= 11 is 0. The molecule has 0 aliphatic rings. The number of anilines is 2. The van der Waals surface area contributed by atoms with Crippen LogP contribution < -0.4 is 16.0 Å². The second kappa shape index (κ2) is 4.87. The van der Waals surface area contributed by atoms with Gasteiger partial charge in [0.15, 0.2) is 0 Å². The van der Waals surface area contributed by atoms with Crippen molar-refractivity contribution in [3.63, 3.8) is 0 Å². The number of nitrogens with two attached hydrogens (primary N) is 1. The topological polar surface area (TPSA) is 84.1 Å². The first-order valence-electron chi connectivity index (χ1n) is 5.56. The lowest BCUT2D eigenvalue weighted by Gasteiger charge is -2.18. The molecule has 0 saturated carbocycles. The van der Waals surface area contributed by atoms with Gasteiger partial charge in [0.2, 0.25) is 11.9 Å². The molecule has 0 bridgehead atoms. The molecule has 2 aromatic rings. The number of para-hydroxylation sites is 1. The van der Waals surface area contributed by atoms with Crippen LogP contribution in [-0.2, 0) is 4.79 Å². The number of rotatable bonds is 3. The summed E-state index contributed by atoms with van der Waals surface area (Å²) in [6.45, 7) is 0.219. The first kappa shape index (κ1) is 12.1. The molecule has 0 saturated heterocycles. The predicted octanol–water partition coefficient (Wildman–Crippen LogP) is 0.394. The first-order valence-corrected chi connectivity index (χ1v) is 5.56. The van der Waals surface area contributed by atoms with Crippen molar-refractivity contribution in [1.29, 1.82) is 0 Å². The van der Waals surface area contributed by atoms with Crippen molar-refractivity contribution in [3.05, 3.63) is 24.3 Å². The van der Waals surface area contributed by atoms with Crippen LogP contribution in [0.3, 0.4) is 0 Å². The van der Waals surface area contributed by atoms with E-state index in [0.717, 1.165) is 10.9 Å². The number of hydrogen-bond donors (Lipinski definition) is 2. The molecule has 3 N–H and O–H groups in total. The standard InChI is InChI=1S/C12H15N5O/c1-14-10(18)7-17(2)11-8-5-3-4-6-9(8)15-12(13)16-11/h3-6H,7H2,1-2H3,(H,14,18)(H2,13,15,16). The van der Waals surface area contributed by atoms with Gasteiger partial charge in [-0.05, 0) is 12.1 Å². The van der Waals surface area contributed by atoms with Gasteiger partial charge < -0.3 is 16.0 Å². The average molecular weight is 245 g/mol. The molecular formula is C12H15N5O. The van der Waals surface area contributed by atoms with Crippen LogP contribution in [0.1, 0.15) is 0 Å². The zero-order valence-electron chi connectivity index (χ0n) is 10.3. The molecule has 0 spiro atoms. The van der Waals surface area contributed by atoms with Crippen LogP contribution >= 0.6 is 0 Å². The van der Waals surface area contributed by atoms with Gasteiger partial charge in [0.1, 0.15) is 5.82 Å². The highest BCUT2D eigenvalue weighted by atomic mass is 16.1. The van der Waals surface area contributed by atoms with Gasteiger partial charge in [0.05, 0.1) is 12.1 Å². The largest absolute Gasteiger partial charge is 0.368 e. The van der Waals surface area contributed by atoms with Crippen molar-refractivity contribution in [1.82, 2.24) is 15.3 Å². The quantitative estimate of drug-likeness (QED) is 0.817. The number of nitrogen functional groups attached to an aromatic ring is 1. The van der Waals surface area contributed by atoms with Gasteiger partial charge in [0, 0.05) is 19.5 Å². The fourth-order valence-electron chi connectivity index (χ4n) is 1.74. The Labute approximate surface area is 105 Å². The van der Waals surface area contributed by atoms with Crippen LogP contribution in [0, 0.1) is 0 Å². The second-order valence-corrected chi connectivity index (χ2v) is 3.95. The van der Waals surface area contributed by atoms with Crippen molar-refractivity contribution < 1.29 is 4.79 Å². The third-order valence-electron chi connectivity index (χ3n) is 2.62. The summed E-state index contributed by atoms with van der Waals surface area (Å²) < 4.78 is 0. The predicted molar refractivity (Wildman–Crippen MR) is 71.3 cm³/mol. The molecule has 1 amide bonds. The Morgan fingerprint density at radius 1 is 1.39 bits per heavy atom. The monoisotopic (exact) mass is 245 g/mol. The maximum atomic E-state index is 11.4. The molecule has 1 aromatic carbocycles. The molecule has 18 heavy (non-hydrogen) atoms. The summed E-state index contributed by atoms with van der Waals surface area (Å²) in [6.07, 6.45) is 0. The second-order valence-electron chi connectivity index (χ2n) is 3.95. The zero-order chi connectivity index (χ0) is 13.1. The highest BCUT2D eigenvalue weighted by Crippen LogP contribution is 2.23. The van der Waals surface area contributed by atoms with Crippen LogP contribution in [0.25, 0.3) is 10.9 Å². The van der Waals surface area contributed by atoms with Crippen molar-refractivity contribution >= 4 is 28.6 Å². The summed E-state index contributed by atoms with van der Waals surface area (Å²) in [5.41, 5.74) is 6.44. The molecule has 6 nitrogen and oxygen atoms in total. The molecule has 94 valence electrons. The zero-order valence-corrected chi connectivity index (χ0v) is 10.3. The van der Waals surface area contributed by atoms with E-state index in [1.165, 1.54) is 0 Å². The Morgan fingerprint density at radius 2 is 2.11 bits per heavy atom. The van der Waals surface area contributed by atoms with Gasteiger partial charge in [-0.3, -0.25) is 4.79 Å². The number of carbonyl (C=O) groups excluding carboxylic acids is 1. The van der Waals surface area contributed by atoms with Crippen LogP contribution in [0.4, 0.5) is 11.8 Å². The summed E-state index contributed by atoms with van der Waals surface area (Å²) in [4.78, 5) is 21.5. The maximum Gasteiger partial charge on any atom is 0.239 e. The lowest BCUT2D eigenvalue weighted by Crippen LogP contribution is -2.33. The van der Waals surface area contributed by atoms with Crippen molar-refractivity contribution in [2.45, 2.75) is 0 Å². The fourth-order valence-corrected chi connectivity index (χ4v) is 1.74. The van der Waals surface area contributed by atoms with E-state index in [4.69, 9.17) is 5.73 Å². The van der Waals surface area contributed by atoms with E-state index in [9.17, 15) is 4.79 Å². The van der Waals surface area contributed by atoms with Crippen molar-refractivity contribution in [2.24, 2.45) is 0 Å². The smallest absolute Gasteiger partial charge is 0.239 e. The van der Waals surface area contributed by atoms with Gasteiger partial charge in [-0.1, -0.05) is 12.1 Å². The highest BCUT2D eigenvalue weighted by molar-refractivity contribution is 5.92. The first-order chi connectivity index (χ1) is 8.61. The molecule has 1 aromatic heterocycles. The van der Waals surface area contributed by atoms with Crippen molar-refractivity contribution in [3.8, 4) is 0 Å². The summed E-state index contributed by atoms with van der Waals surface area (Å²) in [6, 6.07) is 7.56. The SMILES string of the molecule is CNC(=O)CN(C)c1nc(N)nc2ccccc12. The molecule has 0 fully saturated rings. The van der Waals surface area contributed by atoms with E-state index >= 15 is 0 Å². The highest BCUT2D eigenvalue weighted by Gasteiger charge is 2.12. The number of nitrogens with zero attached hydrogens (tertiary/aromatic N) is 3.